The Balaban J connectivity index is 1.65. The lowest BCUT2D eigenvalue weighted by Gasteiger charge is -2.17. The van der Waals surface area contributed by atoms with Crippen molar-refractivity contribution >= 4 is 46.1 Å². The van der Waals surface area contributed by atoms with E-state index in [0.717, 1.165) is 45.6 Å². The molecule has 1 aliphatic rings. The maximum absolute atomic E-state index is 6.32. The lowest BCUT2D eigenvalue weighted by Crippen LogP contribution is -2.30. The summed E-state index contributed by atoms with van der Waals surface area (Å²) in [7, 11) is 4.06. The Labute approximate surface area is 178 Å². The number of fused-ring (bicyclic) bond motifs is 2. The minimum Gasteiger partial charge on any atom is -0.469 e. The molecule has 0 spiro atoms. The number of rotatable bonds is 3. The first-order chi connectivity index (χ1) is 14.0. The standard InChI is InChI=1S/C23H19Cl2N2O2/c1-26-19-7-5-14(24)10-17(19)18(12-16-4-3-9-28-16)21(26)13-23-27(2)20-8-6-15(25)11-22(20)29-23/h3-11,13,18H,12H2,1-2H3/q+1. The molecule has 3 heterocycles. The normalized spacial score (nSPS) is 17.4. The zero-order valence-electron chi connectivity index (χ0n) is 16.0. The number of benzene rings is 2. The number of nitrogens with zero attached hydrogens (tertiary/aromatic N) is 2. The maximum Gasteiger partial charge on any atom is 0.375 e. The highest BCUT2D eigenvalue weighted by Gasteiger charge is 2.34. The summed E-state index contributed by atoms with van der Waals surface area (Å²) in [5.41, 5.74) is 5.20. The van der Waals surface area contributed by atoms with Crippen LogP contribution in [-0.4, -0.2) is 7.05 Å². The summed E-state index contributed by atoms with van der Waals surface area (Å²) in [5.74, 6) is 1.80. The molecule has 0 bridgehead atoms. The number of aryl methyl sites for hydroxylation is 1. The van der Waals surface area contributed by atoms with Crippen molar-refractivity contribution in [1.29, 1.82) is 0 Å². The Bertz CT molecular complexity index is 1240. The Morgan fingerprint density at radius 1 is 1.10 bits per heavy atom. The highest BCUT2D eigenvalue weighted by atomic mass is 35.5. The Morgan fingerprint density at radius 3 is 2.69 bits per heavy atom. The van der Waals surface area contributed by atoms with Crippen molar-refractivity contribution in [2.24, 2.45) is 7.05 Å². The minimum absolute atomic E-state index is 0.108. The second-order valence-electron chi connectivity index (χ2n) is 7.28. The van der Waals surface area contributed by atoms with Crippen molar-refractivity contribution in [2.45, 2.75) is 12.3 Å². The van der Waals surface area contributed by atoms with Gasteiger partial charge >= 0.3 is 5.89 Å². The number of aromatic nitrogens is 1. The van der Waals surface area contributed by atoms with Gasteiger partial charge in [0.05, 0.1) is 12.3 Å². The summed E-state index contributed by atoms with van der Waals surface area (Å²) in [5, 5.41) is 1.38. The zero-order chi connectivity index (χ0) is 20.1. The van der Waals surface area contributed by atoms with E-state index < -0.39 is 0 Å². The Kier molecular flexibility index (Phi) is 4.41. The molecule has 1 unspecified atom stereocenters. The van der Waals surface area contributed by atoms with Gasteiger partial charge in [-0.25, -0.2) is 0 Å². The molecular weight excluding hydrogens is 407 g/mol. The van der Waals surface area contributed by atoms with Crippen LogP contribution in [0.2, 0.25) is 10.0 Å². The molecule has 0 fully saturated rings. The van der Waals surface area contributed by atoms with E-state index >= 15 is 0 Å². The fourth-order valence-corrected chi connectivity index (χ4v) is 4.43. The molecule has 0 aliphatic carbocycles. The second-order valence-corrected chi connectivity index (χ2v) is 8.15. The first kappa shape index (κ1) is 18.3. The van der Waals surface area contributed by atoms with E-state index in [-0.39, 0.29) is 5.92 Å². The number of oxazole rings is 1. The Hall–Kier alpha value is -2.69. The number of furan rings is 1. The van der Waals surface area contributed by atoms with Gasteiger partial charge in [0.1, 0.15) is 12.8 Å². The molecule has 1 atom stereocenters. The van der Waals surface area contributed by atoms with Crippen molar-refractivity contribution in [3.8, 4) is 0 Å². The topological polar surface area (TPSA) is 33.4 Å². The average Bonchev–Trinajstić information content (AvgIpc) is 3.37. The number of hydrogen-bond acceptors (Lipinski definition) is 3. The minimum atomic E-state index is 0.108. The van der Waals surface area contributed by atoms with E-state index in [4.69, 9.17) is 32.0 Å². The van der Waals surface area contributed by atoms with E-state index in [1.165, 1.54) is 5.56 Å². The van der Waals surface area contributed by atoms with E-state index in [9.17, 15) is 0 Å². The lowest BCUT2D eigenvalue weighted by molar-refractivity contribution is -0.652. The van der Waals surface area contributed by atoms with Crippen LogP contribution in [0.3, 0.4) is 0 Å². The van der Waals surface area contributed by atoms with E-state index in [2.05, 4.69) is 24.1 Å². The third kappa shape index (κ3) is 3.13. The van der Waals surface area contributed by atoms with Gasteiger partial charge in [0.25, 0.3) is 5.52 Å². The van der Waals surface area contributed by atoms with Gasteiger partial charge in [0.2, 0.25) is 5.58 Å². The summed E-state index contributed by atoms with van der Waals surface area (Å²) in [6.45, 7) is 0. The third-order valence-corrected chi connectivity index (χ3v) is 6.03. The number of likely N-dealkylation sites (N-methyl/N-ethyl adjacent to an activating group) is 1. The van der Waals surface area contributed by atoms with Crippen molar-refractivity contribution < 1.29 is 13.4 Å². The molecule has 0 amide bonds. The number of halogens is 2. The molecule has 0 N–H and O–H groups in total. The van der Waals surface area contributed by atoms with Crippen LogP contribution < -0.4 is 9.47 Å². The molecule has 6 heteroatoms. The molecule has 0 saturated heterocycles. The van der Waals surface area contributed by atoms with Gasteiger partial charge in [0, 0.05) is 52.9 Å². The van der Waals surface area contributed by atoms with Gasteiger partial charge in [-0.05, 0) is 42.0 Å². The highest BCUT2D eigenvalue weighted by Crippen LogP contribution is 2.46. The highest BCUT2D eigenvalue weighted by molar-refractivity contribution is 6.31. The summed E-state index contributed by atoms with van der Waals surface area (Å²) in [6, 6.07) is 15.6. The van der Waals surface area contributed by atoms with Crippen molar-refractivity contribution in [3.63, 3.8) is 0 Å². The molecule has 146 valence electrons. The monoisotopic (exact) mass is 425 g/mol. The van der Waals surface area contributed by atoms with Crippen molar-refractivity contribution in [3.05, 3.63) is 87.8 Å². The maximum atomic E-state index is 6.32. The van der Waals surface area contributed by atoms with Crippen LogP contribution in [0.4, 0.5) is 5.69 Å². The summed E-state index contributed by atoms with van der Waals surface area (Å²) >= 11 is 12.5. The molecule has 2 aromatic carbocycles. The third-order valence-electron chi connectivity index (χ3n) is 5.56. The van der Waals surface area contributed by atoms with E-state index in [1.54, 1.807) is 6.26 Å². The van der Waals surface area contributed by atoms with Crippen LogP contribution in [-0.2, 0) is 13.5 Å². The predicted octanol–water partition coefficient (Wildman–Crippen LogP) is 5.97. The molecule has 4 nitrogen and oxygen atoms in total. The van der Waals surface area contributed by atoms with Crippen LogP contribution in [0.5, 0.6) is 0 Å². The number of allylic oxidation sites excluding steroid dienone is 1. The van der Waals surface area contributed by atoms with Crippen LogP contribution in [0.25, 0.3) is 17.2 Å². The van der Waals surface area contributed by atoms with Gasteiger partial charge in [-0.1, -0.05) is 23.2 Å². The number of anilines is 1. The molecule has 0 radical (unpaired) electrons. The summed E-state index contributed by atoms with van der Waals surface area (Å²) in [6.07, 6.45) is 4.54. The molecule has 29 heavy (non-hydrogen) atoms. The van der Waals surface area contributed by atoms with Crippen molar-refractivity contribution in [1.82, 2.24) is 0 Å². The van der Waals surface area contributed by atoms with Crippen molar-refractivity contribution in [2.75, 3.05) is 11.9 Å². The smallest absolute Gasteiger partial charge is 0.375 e. The van der Waals surface area contributed by atoms with Gasteiger partial charge in [-0.15, -0.1) is 0 Å². The first-order valence-electron chi connectivity index (χ1n) is 9.36. The van der Waals surface area contributed by atoms with Gasteiger partial charge in [0.15, 0.2) is 0 Å². The second kappa shape index (κ2) is 6.97. The number of hydrogen-bond donors (Lipinski definition) is 0. The largest absolute Gasteiger partial charge is 0.469 e. The molecule has 0 saturated carbocycles. The fourth-order valence-electron chi connectivity index (χ4n) is 4.08. The van der Waals surface area contributed by atoms with Gasteiger partial charge < -0.3 is 13.7 Å². The van der Waals surface area contributed by atoms with Crippen LogP contribution in [0, 0.1) is 0 Å². The molecule has 4 aromatic rings. The summed E-state index contributed by atoms with van der Waals surface area (Å²) < 4.78 is 13.8. The first-order valence-corrected chi connectivity index (χ1v) is 10.1. The van der Waals surface area contributed by atoms with Crippen LogP contribution in [0.15, 0.2) is 69.3 Å². The lowest BCUT2D eigenvalue weighted by atomic mass is 9.93. The van der Waals surface area contributed by atoms with Crippen LogP contribution in [0.1, 0.15) is 23.1 Å². The average molecular weight is 426 g/mol. The molecular formula is C23H19Cl2N2O2+. The summed E-state index contributed by atoms with van der Waals surface area (Å²) in [4.78, 5) is 2.19. The zero-order valence-corrected chi connectivity index (χ0v) is 17.5. The van der Waals surface area contributed by atoms with E-state index in [1.807, 2.05) is 54.1 Å². The van der Waals surface area contributed by atoms with Crippen LogP contribution >= 0.6 is 23.2 Å². The van der Waals surface area contributed by atoms with Gasteiger partial charge in [-0.3, -0.25) is 0 Å². The quantitative estimate of drug-likeness (QED) is 0.378. The molecule has 5 rings (SSSR count). The van der Waals surface area contributed by atoms with Gasteiger partial charge in [-0.2, -0.15) is 4.57 Å². The fraction of sp³-hybridized carbons (Fsp3) is 0.174. The van der Waals surface area contributed by atoms with E-state index in [0.29, 0.717) is 5.02 Å². The molecule has 1 aliphatic heterocycles. The Morgan fingerprint density at radius 2 is 1.90 bits per heavy atom. The molecule has 2 aromatic heterocycles. The predicted molar refractivity (Wildman–Crippen MR) is 115 cm³/mol. The SMILES string of the molecule is CN1C(=Cc2oc3cc(Cl)ccc3[n+]2C)C(Cc2ccco2)c2cc(Cl)ccc21.